The molecule has 160 valence electrons. The molecule has 10 heteroatoms. The Bertz CT molecular complexity index is 1260. The molecule has 0 atom stereocenters. The van der Waals surface area contributed by atoms with Crippen LogP contribution in [0.3, 0.4) is 0 Å². The van der Waals surface area contributed by atoms with Crippen molar-refractivity contribution in [3.63, 3.8) is 0 Å². The summed E-state index contributed by atoms with van der Waals surface area (Å²) in [6.45, 7) is 1.51. The van der Waals surface area contributed by atoms with Gasteiger partial charge < -0.3 is 25.3 Å². The lowest BCUT2D eigenvalue weighted by Gasteiger charge is -2.24. The monoisotopic (exact) mass is 420 g/mol. The van der Waals surface area contributed by atoms with Gasteiger partial charge in [0.05, 0.1) is 11.9 Å². The van der Waals surface area contributed by atoms with E-state index in [1.165, 1.54) is 0 Å². The summed E-state index contributed by atoms with van der Waals surface area (Å²) in [5, 5.41) is 13.9. The molecule has 0 aliphatic carbocycles. The lowest BCUT2D eigenvalue weighted by molar-refractivity contribution is 0.0706. The Morgan fingerprint density at radius 1 is 1.23 bits per heavy atom. The van der Waals surface area contributed by atoms with Crippen molar-refractivity contribution in [3.8, 4) is 11.3 Å². The van der Waals surface area contributed by atoms with Crippen molar-refractivity contribution in [2.75, 3.05) is 37.9 Å². The maximum atomic E-state index is 11.9. The lowest BCUT2D eigenvalue weighted by Crippen LogP contribution is -2.24. The zero-order chi connectivity index (χ0) is 21.4. The largest absolute Gasteiger partial charge is 0.381 e. The number of carbonyl (C=O) groups excluding carboxylic acids is 1. The number of nitrogens with one attached hydrogen (secondary N) is 3. The van der Waals surface area contributed by atoms with E-state index in [4.69, 9.17) is 9.72 Å². The van der Waals surface area contributed by atoms with Crippen molar-refractivity contribution in [2.24, 2.45) is 0 Å². The van der Waals surface area contributed by atoms with Crippen molar-refractivity contribution >= 4 is 34.2 Å². The molecular formula is C21H24N8O2. The van der Waals surface area contributed by atoms with Gasteiger partial charge in [-0.05, 0) is 25.0 Å². The number of aromatic nitrogens is 5. The minimum absolute atomic E-state index is 0.326. The molecule has 4 aromatic heterocycles. The molecule has 0 spiro atoms. The highest BCUT2D eigenvalue weighted by atomic mass is 16.5. The van der Waals surface area contributed by atoms with Gasteiger partial charge in [-0.25, -0.2) is 14.8 Å². The van der Waals surface area contributed by atoms with Gasteiger partial charge in [0.1, 0.15) is 17.2 Å². The van der Waals surface area contributed by atoms with Gasteiger partial charge in [-0.15, -0.1) is 0 Å². The van der Waals surface area contributed by atoms with Crippen molar-refractivity contribution in [1.82, 2.24) is 29.5 Å². The number of rotatable bonds is 4. The Morgan fingerprint density at radius 3 is 2.84 bits per heavy atom. The minimum atomic E-state index is -0.326. The van der Waals surface area contributed by atoms with E-state index in [1.54, 1.807) is 17.8 Å². The van der Waals surface area contributed by atoms with E-state index in [9.17, 15) is 4.79 Å². The van der Waals surface area contributed by atoms with E-state index in [2.05, 4.69) is 42.9 Å². The quantitative estimate of drug-likeness (QED) is 0.468. The fraction of sp³-hybridized carbons (Fsp3) is 0.333. The first-order valence-electron chi connectivity index (χ1n) is 10.3. The number of pyridine rings is 1. The van der Waals surface area contributed by atoms with Gasteiger partial charge >= 0.3 is 6.03 Å². The molecule has 1 saturated heterocycles. The standard InChI is InChI=1S/C21H24N8O2/c1-22-18-10-16(26-20-17(11-25-29(18)20)27-21(30)23-2)15-12-28(13-5-8-31-9-6-13)19-14(15)4-3-7-24-19/h3-4,7,10-13,22H,5-6,8-9H2,1-2H3,(H2,23,27,30). The zero-order valence-corrected chi connectivity index (χ0v) is 17.4. The molecule has 10 nitrogen and oxygen atoms in total. The summed E-state index contributed by atoms with van der Waals surface area (Å²) in [5.41, 5.74) is 3.79. The van der Waals surface area contributed by atoms with Gasteiger partial charge in [0.15, 0.2) is 5.65 Å². The number of anilines is 2. The number of nitrogens with zero attached hydrogens (tertiary/aromatic N) is 5. The summed E-state index contributed by atoms with van der Waals surface area (Å²) in [4.78, 5) is 21.4. The molecule has 31 heavy (non-hydrogen) atoms. The van der Waals surface area contributed by atoms with Gasteiger partial charge in [-0.3, -0.25) is 0 Å². The number of carbonyl (C=O) groups is 1. The second-order valence-electron chi connectivity index (χ2n) is 7.44. The van der Waals surface area contributed by atoms with Crippen LogP contribution < -0.4 is 16.0 Å². The molecule has 0 aromatic carbocycles. The minimum Gasteiger partial charge on any atom is -0.381 e. The van der Waals surface area contributed by atoms with E-state index < -0.39 is 0 Å². The maximum absolute atomic E-state index is 11.9. The Morgan fingerprint density at radius 2 is 2.06 bits per heavy atom. The maximum Gasteiger partial charge on any atom is 0.319 e. The number of urea groups is 1. The highest BCUT2D eigenvalue weighted by Gasteiger charge is 2.22. The SMILES string of the molecule is CNC(=O)Nc1cnn2c(NC)cc(-c3cn(C4CCOCC4)c4ncccc34)nc12. The highest BCUT2D eigenvalue weighted by Crippen LogP contribution is 2.35. The number of ether oxygens (including phenoxy) is 1. The lowest BCUT2D eigenvalue weighted by atomic mass is 10.1. The zero-order valence-electron chi connectivity index (χ0n) is 17.4. The van der Waals surface area contributed by atoms with Crippen LogP contribution in [0.15, 0.2) is 36.8 Å². The predicted molar refractivity (Wildman–Crippen MR) is 118 cm³/mol. The van der Waals surface area contributed by atoms with E-state index in [0.717, 1.165) is 54.2 Å². The molecule has 1 aliphatic heterocycles. The normalized spacial score (nSPS) is 14.8. The molecule has 2 amide bonds. The summed E-state index contributed by atoms with van der Waals surface area (Å²) >= 11 is 0. The highest BCUT2D eigenvalue weighted by molar-refractivity contribution is 5.96. The Balaban J connectivity index is 1.68. The van der Waals surface area contributed by atoms with Crippen LogP contribution in [0.25, 0.3) is 27.9 Å². The van der Waals surface area contributed by atoms with Gasteiger partial charge in [0.2, 0.25) is 0 Å². The number of fused-ring (bicyclic) bond motifs is 2. The van der Waals surface area contributed by atoms with E-state index in [-0.39, 0.29) is 6.03 Å². The van der Waals surface area contributed by atoms with Crippen LogP contribution in [0.5, 0.6) is 0 Å². The smallest absolute Gasteiger partial charge is 0.319 e. The summed E-state index contributed by atoms with van der Waals surface area (Å²) in [7, 11) is 3.40. The van der Waals surface area contributed by atoms with Crippen LogP contribution in [-0.4, -0.2) is 57.5 Å². The molecule has 4 aromatic rings. The average Bonchev–Trinajstić information content (AvgIpc) is 3.40. The van der Waals surface area contributed by atoms with Crippen LogP contribution in [-0.2, 0) is 4.74 Å². The molecule has 1 fully saturated rings. The molecular weight excluding hydrogens is 396 g/mol. The Hall–Kier alpha value is -3.66. The molecule has 0 unspecified atom stereocenters. The Labute approximate surface area is 178 Å². The van der Waals surface area contributed by atoms with Crippen molar-refractivity contribution < 1.29 is 9.53 Å². The van der Waals surface area contributed by atoms with E-state index in [0.29, 0.717) is 17.4 Å². The van der Waals surface area contributed by atoms with Gasteiger partial charge in [0.25, 0.3) is 0 Å². The number of hydrogen-bond donors (Lipinski definition) is 3. The summed E-state index contributed by atoms with van der Waals surface area (Å²) in [6, 6.07) is 5.98. The molecule has 0 saturated carbocycles. The first-order chi connectivity index (χ1) is 15.2. The summed E-state index contributed by atoms with van der Waals surface area (Å²) < 4.78 is 9.46. The Kier molecular flexibility index (Phi) is 4.91. The van der Waals surface area contributed by atoms with Crippen molar-refractivity contribution in [3.05, 3.63) is 36.8 Å². The molecule has 0 bridgehead atoms. The van der Waals surface area contributed by atoms with Crippen LogP contribution in [0.1, 0.15) is 18.9 Å². The van der Waals surface area contributed by atoms with Gasteiger partial charge in [0, 0.05) is 62.8 Å². The fourth-order valence-electron chi connectivity index (χ4n) is 4.08. The number of hydrogen-bond acceptors (Lipinski definition) is 6. The summed E-state index contributed by atoms with van der Waals surface area (Å²) in [5.74, 6) is 0.765. The third kappa shape index (κ3) is 3.34. The first kappa shape index (κ1) is 19.3. The van der Waals surface area contributed by atoms with Crippen LogP contribution in [0, 0.1) is 0 Å². The predicted octanol–water partition coefficient (Wildman–Crippen LogP) is 2.89. The van der Waals surface area contributed by atoms with Crippen LogP contribution in [0.4, 0.5) is 16.3 Å². The van der Waals surface area contributed by atoms with Crippen molar-refractivity contribution in [1.29, 1.82) is 0 Å². The van der Waals surface area contributed by atoms with Gasteiger partial charge in [-0.1, -0.05) is 0 Å². The topological polar surface area (TPSA) is 110 Å². The van der Waals surface area contributed by atoms with E-state index >= 15 is 0 Å². The number of amides is 2. The second kappa shape index (κ2) is 7.88. The molecule has 5 heterocycles. The van der Waals surface area contributed by atoms with E-state index in [1.807, 2.05) is 25.4 Å². The van der Waals surface area contributed by atoms with Crippen LogP contribution in [0.2, 0.25) is 0 Å². The molecule has 1 aliphatic rings. The van der Waals surface area contributed by atoms with Crippen molar-refractivity contribution in [2.45, 2.75) is 18.9 Å². The molecule has 3 N–H and O–H groups in total. The average molecular weight is 420 g/mol. The first-order valence-corrected chi connectivity index (χ1v) is 10.3. The summed E-state index contributed by atoms with van der Waals surface area (Å²) in [6.07, 6.45) is 7.46. The molecule has 5 rings (SSSR count). The fourth-order valence-corrected chi connectivity index (χ4v) is 4.08. The third-order valence-electron chi connectivity index (χ3n) is 5.65. The molecule has 0 radical (unpaired) electrons. The second-order valence-corrected chi connectivity index (χ2v) is 7.44. The van der Waals surface area contributed by atoms with Gasteiger partial charge in [-0.2, -0.15) is 9.61 Å². The third-order valence-corrected chi connectivity index (χ3v) is 5.65. The van der Waals surface area contributed by atoms with Crippen LogP contribution >= 0.6 is 0 Å².